The number of nitrogens with zero attached hydrogens (tertiary/aromatic N) is 2. The standard InChI is InChI=1S/C29H33Cl2N3O5/c1-33(23-6-4-19(5-7-23)28(38)39)25(35)9-8-24(32-26(36)20-16-21(30)18-22(31)17-20)27(37)34-14-12-29(13-15-34)10-2-3-11-29/h4-7,16-18,24H,2-3,8-15H2,1H3,(H,32,36)(H,38,39). The molecule has 3 amide bonds. The molecule has 1 atom stereocenters. The van der Waals surface area contributed by atoms with Crippen molar-refractivity contribution in [3.63, 3.8) is 0 Å². The first kappa shape index (κ1) is 28.9. The van der Waals surface area contributed by atoms with E-state index in [1.54, 1.807) is 24.1 Å². The number of piperidine rings is 1. The van der Waals surface area contributed by atoms with E-state index in [9.17, 15) is 19.2 Å². The second-order valence-electron chi connectivity index (χ2n) is 10.6. The van der Waals surface area contributed by atoms with Gasteiger partial charge >= 0.3 is 5.97 Å². The Morgan fingerprint density at radius 1 is 0.949 bits per heavy atom. The Bertz CT molecular complexity index is 1210. The van der Waals surface area contributed by atoms with Crippen LogP contribution in [0.4, 0.5) is 5.69 Å². The predicted molar refractivity (Wildman–Crippen MR) is 150 cm³/mol. The molecule has 2 aromatic carbocycles. The second kappa shape index (κ2) is 12.4. The molecule has 2 fully saturated rings. The number of carbonyl (C=O) groups is 4. The first-order valence-corrected chi connectivity index (χ1v) is 14.0. The fraction of sp³-hybridized carbons (Fsp3) is 0.448. The van der Waals surface area contributed by atoms with Gasteiger partial charge in [-0.25, -0.2) is 4.79 Å². The van der Waals surface area contributed by atoms with Crippen LogP contribution in [0.25, 0.3) is 0 Å². The highest BCUT2D eigenvalue weighted by Crippen LogP contribution is 2.46. The highest BCUT2D eigenvalue weighted by atomic mass is 35.5. The molecule has 1 spiro atoms. The fourth-order valence-electron chi connectivity index (χ4n) is 5.64. The monoisotopic (exact) mass is 573 g/mol. The molecule has 2 N–H and O–H groups in total. The van der Waals surface area contributed by atoms with Crippen LogP contribution in [-0.4, -0.2) is 59.9 Å². The molecular formula is C29H33Cl2N3O5. The van der Waals surface area contributed by atoms with Gasteiger partial charge in [-0.05, 0) is 80.0 Å². The maximum absolute atomic E-state index is 13.6. The summed E-state index contributed by atoms with van der Waals surface area (Å²) in [5, 5.41) is 12.5. The van der Waals surface area contributed by atoms with Gasteiger partial charge in [-0.15, -0.1) is 0 Å². The van der Waals surface area contributed by atoms with Crippen LogP contribution in [0.1, 0.15) is 72.1 Å². The number of benzene rings is 2. The first-order chi connectivity index (χ1) is 18.6. The number of carbonyl (C=O) groups excluding carboxylic acids is 3. The third kappa shape index (κ3) is 7.11. The summed E-state index contributed by atoms with van der Waals surface area (Å²) in [6.07, 6.45) is 6.92. The highest BCUT2D eigenvalue weighted by molar-refractivity contribution is 6.35. The molecular weight excluding hydrogens is 541 g/mol. The molecule has 1 saturated carbocycles. The van der Waals surface area contributed by atoms with Gasteiger partial charge in [0.1, 0.15) is 6.04 Å². The van der Waals surface area contributed by atoms with E-state index in [1.165, 1.54) is 60.9 Å². The number of anilines is 1. The van der Waals surface area contributed by atoms with Gasteiger partial charge in [0.05, 0.1) is 5.56 Å². The molecule has 0 radical (unpaired) electrons. The Labute approximate surface area is 238 Å². The Kier molecular flexibility index (Phi) is 9.18. The molecule has 10 heteroatoms. The van der Waals surface area contributed by atoms with E-state index < -0.39 is 17.9 Å². The molecule has 1 aliphatic carbocycles. The molecule has 8 nitrogen and oxygen atoms in total. The summed E-state index contributed by atoms with van der Waals surface area (Å²) in [6.45, 7) is 1.27. The van der Waals surface area contributed by atoms with Crippen LogP contribution in [0.5, 0.6) is 0 Å². The van der Waals surface area contributed by atoms with Crippen LogP contribution in [0, 0.1) is 5.41 Å². The van der Waals surface area contributed by atoms with E-state index in [1.807, 2.05) is 0 Å². The number of nitrogens with one attached hydrogen (secondary N) is 1. The van der Waals surface area contributed by atoms with Crippen molar-refractivity contribution >= 4 is 52.6 Å². The largest absolute Gasteiger partial charge is 0.478 e. The number of rotatable bonds is 8. The first-order valence-electron chi connectivity index (χ1n) is 13.2. The summed E-state index contributed by atoms with van der Waals surface area (Å²) < 4.78 is 0. The minimum Gasteiger partial charge on any atom is -0.478 e. The number of hydrogen-bond acceptors (Lipinski definition) is 4. The molecule has 1 heterocycles. The average Bonchev–Trinajstić information content (AvgIpc) is 3.37. The van der Waals surface area contributed by atoms with Crippen molar-refractivity contribution in [3.05, 3.63) is 63.6 Å². The van der Waals surface area contributed by atoms with Crippen molar-refractivity contribution in [2.45, 2.75) is 57.4 Å². The van der Waals surface area contributed by atoms with Crippen molar-refractivity contribution in [2.75, 3.05) is 25.0 Å². The van der Waals surface area contributed by atoms with Gasteiger partial charge in [-0.3, -0.25) is 14.4 Å². The quantitative estimate of drug-likeness (QED) is 0.438. The summed E-state index contributed by atoms with van der Waals surface area (Å²) in [5.41, 5.74) is 1.22. The smallest absolute Gasteiger partial charge is 0.335 e. The normalized spacial score (nSPS) is 17.1. The van der Waals surface area contributed by atoms with E-state index in [0.717, 1.165) is 12.8 Å². The second-order valence-corrected chi connectivity index (χ2v) is 11.4. The molecule has 2 aliphatic rings. The fourth-order valence-corrected chi connectivity index (χ4v) is 6.16. The van der Waals surface area contributed by atoms with E-state index in [-0.39, 0.29) is 35.8 Å². The maximum Gasteiger partial charge on any atom is 0.335 e. The highest BCUT2D eigenvalue weighted by Gasteiger charge is 2.39. The lowest BCUT2D eigenvalue weighted by atomic mass is 9.77. The van der Waals surface area contributed by atoms with Crippen molar-refractivity contribution < 1.29 is 24.3 Å². The average molecular weight is 575 g/mol. The van der Waals surface area contributed by atoms with Crippen LogP contribution in [0.3, 0.4) is 0 Å². The minimum absolute atomic E-state index is 0.00193. The van der Waals surface area contributed by atoms with Crippen molar-refractivity contribution in [1.29, 1.82) is 0 Å². The van der Waals surface area contributed by atoms with E-state index in [0.29, 0.717) is 34.2 Å². The number of likely N-dealkylation sites (tertiary alicyclic amines) is 1. The summed E-state index contributed by atoms with van der Waals surface area (Å²) in [4.78, 5) is 54.1. The third-order valence-electron chi connectivity index (χ3n) is 8.05. The molecule has 1 aliphatic heterocycles. The van der Waals surface area contributed by atoms with Gasteiger partial charge in [-0.2, -0.15) is 0 Å². The van der Waals surface area contributed by atoms with E-state index in [2.05, 4.69) is 5.32 Å². The lowest BCUT2D eigenvalue weighted by Gasteiger charge is -2.40. The number of amides is 3. The Morgan fingerprint density at radius 3 is 2.10 bits per heavy atom. The number of carboxylic acids is 1. The lowest BCUT2D eigenvalue weighted by molar-refractivity contribution is -0.135. The van der Waals surface area contributed by atoms with Crippen molar-refractivity contribution in [2.24, 2.45) is 5.41 Å². The molecule has 208 valence electrons. The lowest BCUT2D eigenvalue weighted by Crippen LogP contribution is -2.52. The Hall–Kier alpha value is -3.10. The van der Waals surface area contributed by atoms with Crippen LogP contribution >= 0.6 is 23.2 Å². The summed E-state index contributed by atoms with van der Waals surface area (Å²) >= 11 is 12.1. The number of carboxylic acid groups (broad SMARTS) is 1. The zero-order valence-electron chi connectivity index (χ0n) is 21.9. The molecule has 2 aromatic rings. The van der Waals surface area contributed by atoms with Crippen molar-refractivity contribution in [1.82, 2.24) is 10.2 Å². The molecule has 0 aromatic heterocycles. The zero-order chi connectivity index (χ0) is 28.2. The van der Waals surface area contributed by atoms with Gasteiger partial charge in [0, 0.05) is 47.9 Å². The number of halogens is 2. The van der Waals surface area contributed by atoms with E-state index in [4.69, 9.17) is 28.3 Å². The number of aromatic carboxylic acids is 1. The number of hydrogen-bond donors (Lipinski definition) is 2. The summed E-state index contributed by atoms with van der Waals surface area (Å²) in [7, 11) is 1.59. The Balaban J connectivity index is 1.45. The van der Waals surface area contributed by atoms with Crippen LogP contribution < -0.4 is 10.2 Å². The van der Waals surface area contributed by atoms with Gasteiger partial charge in [-0.1, -0.05) is 36.0 Å². The molecule has 0 bridgehead atoms. The van der Waals surface area contributed by atoms with E-state index >= 15 is 0 Å². The molecule has 1 unspecified atom stereocenters. The summed E-state index contributed by atoms with van der Waals surface area (Å²) in [5.74, 6) is -2.01. The van der Waals surface area contributed by atoms with Gasteiger partial charge < -0.3 is 20.2 Å². The van der Waals surface area contributed by atoms with Gasteiger partial charge in [0.2, 0.25) is 11.8 Å². The summed E-state index contributed by atoms with van der Waals surface area (Å²) in [6, 6.07) is 9.55. The topological polar surface area (TPSA) is 107 Å². The van der Waals surface area contributed by atoms with Crippen LogP contribution in [-0.2, 0) is 9.59 Å². The van der Waals surface area contributed by atoms with Crippen LogP contribution in [0.2, 0.25) is 10.0 Å². The van der Waals surface area contributed by atoms with Crippen LogP contribution in [0.15, 0.2) is 42.5 Å². The zero-order valence-corrected chi connectivity index (χ0v) is 23.4. The predicted octanol–water partition coefficient (Wildman–Crippen LogP) is 5.42. The van der Waals surface area contributed by atoms with Crippen molar-refractivity contribution in [3.8, 4) is 0 Å². The maximum atomic E-state index is 13.6. The molecule has 39 heavy (non-hydrogen) atoms. The molecule has 1 saturated heterocycles. The Morgan fingerprint density at radius 2 is 1.54 bits per heavy atom. The van der Waals surface area contributed by atoms with Gasteiger partial charge in [0.15, 0.2) is 0 Å². The SMILES string of the molecule is CN(C(=O)CCC(NC(=O)c1cc(Cl)cc(Cl)c1)C(=O)N1CCC2(CCCC2)CC1)c1ccc(C(=O)O)cc1. The third-order valence-corrected chi connectivity index (χ3v) is 8.49. The van der Waals surface area contributed by atoms with Gasteiger partial charge in [0.25, 0.3) is 5.91 Å². The minimum atomic E-state index is -1.05. The molecule has 4 rings (SSSR count).